The number of aromatic nitrogens is 2. The zero-order valence-corrected chi connectivity index (χ0v) is 16.5. The summed E-state index contributed by atoms with van der Waals surface area (Å²) in [7, 11) is 0. The van der Waals surface area contributed by atoms with Crippen LogP contribution in [0.25, 0.3) is 5.69 Å². The van der Waals surface area contributed by atoms with Crippen molar-refractivity contribution in [2.24, 2.45) is 5.92 Å². The third-order valence-corrected chi connectivity index (χ3v) is 5.82. The number of aryl methyl sites for hydroxylation is 1. The first kappa shape index (κ1) is 19.6. The molecule has 1 aromatic carbocycles. The third-order valence-electron chi connectivity index (χ3n) is 5.82. The Kier molecular flexibility index (Phi) is 5.94. The molecular weight excluding hydrogens is 368 g/mol. The van der Waals surface area contributed by atoms with Crippen LogP contribution in [0.4, 0.5) is 0 Å². The van der Waals surface area contributed by atoms with Gasteiger partial charge in [0.2, 0.25) is 5.91 Å². The summed E-state index contributed by atoms with van der Waals surface area (Å²) in [4.78, 5) is 25.5. The van der Waals surface area contributed by atoms with Gasteiger partial charge in [0.1, 0.15) is 0 Å². The second kappa shape index (κ2) is 8.78. The number of carboxylic acid groups (broad SMARTS) is 1. The smallest absolute Gasteiger partial charge is 0.317 e. The Morgan fingerprint density at radius 1 is 1.21 bits per heavy atom. The fourth-order valence-electron chi connectivity index (χ4n) is 3.92. The molecule has 0 bridgehead atoms. The molecule has 29 heavy (non-hydrogen) atoms. The number of carboxylic acids is 1. The molecule has 2 aliphatic carbocycles. The van der Waals surface area contributed by atoms with Gasteiger partial charge in [0.05, 0.1) is 18.4 Å². The molecule has 0 spiro atoms. The summed E-state index contributed by atoms with van der Waals surface area (Å²) in [6.07, 6.45) is 8.97. The van der Waals surface area contributed by atoms with E-state index in [1.807, 2.05) is 41.2 Å². The van der Waals surface area contributed by atoms with Crippen LogP contribution in [0.1, 0.15) is 37.7 Å². The van der Waals surface area contributed by atoms with E-state index < -0.39 is 5.97 Å². The van der Waals surface area contributed by atoms with Crippen LogP contribution in [-0.4, -0.2) is 56.8 Å². The number of carbonyl (C=O) groups is 2. The lowest BCUT2D eigenvalue weighted by Crippen LogP contribution is -2.55. The van der Waals surface area contributed by atoms with Crippen LogP contribution in [0, 0.1) is 5.92 Å². The summed E-state index contributed by atoms with van der Waals surface area (Å²) >= 11 is 0. The maximum atomic E-state index is 12.3. The van der Waals surface area contributed by atoms with Gasteiger partial charge in [-0.1, -0.05) is 18.2 Å². The van der Waals surface area contributed by atoms with Crippen molar-refractivity contribution >= 4 is 11.9 Å². The molecular formula is C22H28N4O3. The Labute approximate surface area is 170 Å². The average molecular weight is 396 g/mol. The van der Waals surface area contributed by atoms with Crippen LogP contribution in [0.15, 0.2) is 42.7 Å². The first-order valence-electron chi connectivity index (χ1n) is 10.4. The van der Waals surface area contributed by atoms with E-state index in [9.17, 15) is 9.59 Å². The monoisotopic (exact) mass is 396 g/mol. The second-order valence-corrected chi connectivity index (χ2v) is 8.28. The van der Waals surface area contributed by atoms with E-state index in [2.05, 4.69) is 15.3 Å². The summed E-state index contributed by atoms with van der Waals surface area (Å²) in [5, 5.41) is 16.6. The van der Waals surface area contributed by atoms with Crippen LogP contribution in [-0.2, 0) is 16.0 Å². The average Bonchev–Trinajstić information content (AvgIpc) is 3.36. The van der Waals surface area contributed by atoms with E-state index >= 15 is 0 Å². The van der Waals surface area contributed by atoms with Gasteiger partial charge in [-0.2, -0.15) is 5.10 Å². The minimum absolute atomic E-state index is 0.0490. The molecule has 2 aromatic rings. The van der Waals surface area contributed by atoms with Gasteiger partial charge >= 0.3 is 5.97 Å². The standard InChI is InChI=1S/C22H28N4O3/c27-21(9-8-17-12-23-26(14-17)19-4-2-1-3-5-19)24-18-10-20(11-18)25(15-22(28)29)13-16-6-7-16/h1-5,12,14,16,18,20H,6-11,13,15H2,(H,24,27)(H,28,29). The Morgan fingerprint density at radius 2 is 1.97 bits per heavy atom. The van der Waals surface area contributed by atoms with Gasteiger partial charge in [-0.05, 0) is 55.7 Å². The van der Waals surface area contributed by atoms with Gasteiger partial charge in [0.25, 0.3) is 0 Å². The second-order valence-electron chi connectivity index (χ2n) is 8.28. The Balaban J connectivity index is 1.19. The molecule has 4 rings (SSSR count). The summed E-state index contributed by atoms with van der Waals surface area (Å²) in [5.74, 6) is -0.0538. The van der Waals surface area contributed by atoms with E-state index in [0.717, 1.165) is 30.6 Å². The largest absolute Gasteiger partial charge is 0.480 e. The number of aliphatic carboxylic acids is 1. The SMILES string of the molecule is O=C(O)CN(CC1CC1)C1CC(NC(=O)CCc2cnn(-c3ccccc3)c2)C1. The van der Waals surface area contributed by atoms with Crippen molar-refractivity contribution in [2.75, 3.05) is 13.1 Å². The molecule has 2 N–H and O–H groups in total. The Morgan fingerprint density at radius 3 is 2.66 bits per heavy atom. The van der Waals surface area contributed by atoms with Crippen molar-refractivity contribution in [1.29, 1.82) is 0 Å². The molecule has 0 atom stereocenters. The molecule has 1 aromatic heterocycles. The van der Waals surface area contributed by atoms with Gasteiger partial charge in [-0.25, -0.2) is 4.68 Å². The number of carbonyl (C=O) groups excluding carboxylic acids is 1. The highest BCUT2D eigenvalue weighted by Crippen LogP contribution is 2.33. The van der Waals surface area contributed by atoms with Crippen molar-refractivity contribution in [3.05, 3.63) is 48.3 Å². The topological polar surface area (TPSA) is 87.5 Å². The fourth-order valence-corrected chi connectivity index (χ4v) is 3.92. The van der Waals surface area contributed by atoms with E-state index in [-0.39, 0.29) is 24.5 Å². The minimum Gasteiger partial charge on any atom is -0.480 e. The molecule has 7 heteroatoms. The molecule has 154 valence electrons. The number of para-hydroxylation sites is 1. The van der Waals surface area contributed by atoms with Crippen LogP contribution < -0.4 is 5.32 Å². The van der Waals surface area contributed by atoms with Crippen molar-refractivity contribution in [3.8, 4) is 5.69 Å². The number of hydrogen-bond donors (Lipinski definition) is 2. The maximum absolute atomic E-state index is 12.3. The lowest BCUT2D eigenvalue weighted by molar-refractivity contribution is -0.140. The summed E-state index contributed by atoms with van der Waals surface area (Å²) < 4.78 is 1.82. The molecule has 0 unspecified atom stereocenters. The van der Waals surface area contributed by atoms with E-state index in [1.54, 1.807) is 6.20 Å². The quantitative estimate of drug-likeness (QED) is 0.643. The molecule has 0 saturated heterocycles. The molecule has 1 heterocycles. The first-order chi connectivity index (χ1) is 14.1. The van der Waals surface area contributed by atoms with Gasteiger partial charge in [-0.3, -0.25) is 14.5 Å². The number of nitrogens with one attached hydrogen (secondary N) is 1. The van der Waals surface area contributed by atoms with Gasteiger partial charge in [0.15, 0.2) is 0 Å². The van der Waals surface area contributed by atoms with Crippen molar-refractivity contribution in [1.82, 2.24) is 20.0 Å². The zero-order valence-electron chi connectivity index (χ0n) is 16.5. The molecule has 0 aliphatic heterocycles. The highest BCUT2D eigenvalue weighted by Gasteiger charge is 2.37. The third kappa shape index (κ3) is 5.44. The molecule has 0 radical (unpaired) electrons. The predicted octanol–water partition coefficient (Wildman–Crippen LogP) is 2.25. The molecule has 7 nitrogen and oxygen atoms in total. The lowest BCUT2D eigenvalue weighted by atomic mass is 9.85. The van der Waals surface area contributed by atoms with Crippen LogP contribution in [0.3, 0.4) is 0 Å². The Bertz CT molecular complexity index is 841. The van der Waals surface area contributed by atoms with Crippen molar-refractivity contribution < 1.29 is 14.7 Å². The van der Waals surface area contributed by atoms with E-state index in [1.165, 1.54) is 12.8 Å². The van der Waals surface area contributed by atoms with E-state index in [0.29, 0.717) is 18.8 Å². The molecule has 1 amide bonds. The number of benzene rings is 1. The highest BCUT2D eigenvalue weighted by atomic mass is 16.4. The van der Waals surface area contributed by atoms with Crippen LogP contribution in [0.2, 0.25) is 0 Å². The summed E-state index contributed by atoms with van der Waals surface area (Å²) in [6, 6.07) is 10.3. The van der Waals surface area contributed by atoms with Crippen molar-refractivity contribution in [2.45, 2.75) is 50.6 Å². The van der Waals surface area contributed by atoms with E-state index in [4.69, 9.17) is 5.11 Å². The normalized spacial score (nSPS) is 21.0. The van der Waals surface area contributed by atoms with Gasteiger partial charge < -0.3 is 10.4 Å². The van der Waals surface area contributed by atoms with Crippen LogP contribution in [0.5, 0.6) is 0 Å². The fraction of sp³-hybridized carbons (Fsp3) is 0.500. The first-order valence-corrected chi connectivity index (χ1v) is 10.4. The Hall–Kier alpha value is -2.67. The lowest BCUT2D eigenvalue weighted by Gasteiger charge is -2.42. The zero-order chi connectivity index (χ0) is 20.2. The minimum atomic E-state index is -0.769. The van der Waals surface area contributed by atoms with Gasteiger partial charge in [0, 0.05) is 31.2 Å². The summed E-state index contributed by atoms with van der Waals surface area (Å²) in [5.41, 5.74) is 2.04. The molecule has 2 saturated carbocycles. The van der Waals surface area contributed by atoms with Crippen molar-refractivity contribution in [3.63, 3.8) is 0 Å². The maximum Gasteiger partial charge on any atom is 0.317 e. The number of nitrogens with zero attached hydrogens (tertiary/aromatic N) is 3. The molecule has 2 aliphatic rings. The molecule has 2 fully saturated rings. The van der Waals surface area contributed by atoms with Gasteiger partial charge in [-0.15, -0.1) is 0 Å². The summed E-state index contributed by atoms with van der Waals surface area (Å²) in [6.45, 7) is 0.982. The number of hydrogen-bond acceptors (Lipinski definition) is 4. The highest BCUT2D eigenvalue weighted by molar-refractivity contribution is 5.76. The number of rotatable bonds is 10. The predicted molar refractivity (Wildman–Crippen MR) is 109 cm³/mol. The van der Waals surface area contributed by atoms with Crippen LogP contribution >= 0.6 is 0 Å². The number of amides is 1.